The van der Waals surface area contributed by atoms with Gasteiger partial charge in [0.25, 0.3) is 0 Å². The molecular weight excluding hydrogens is 487 g/mol. The minimum Gasteiger partial charge on any atom is -0.512 e. The summed E-state index contributed by atoms with van der Waals surface area (Å²) < 4.78 is -0.288. The lowest BCUT2D eigenvalue weighted by Gasteiger charge is -2.35. The number of phenols is 1. The lowest BCUT2D eigenvalue weighted by molar-refractivity contribution is 0.359. The highest BCUT2D eigenvalue weighted by molar-refractivity contribution is 14.1. The molecule has 0 aliphatic heterocycles. The van der Waals surface area contributed by atoms with Gasteiger partial charge in [0.1, 0.15) is 5.75 Å². The topological polar surface area (TPSA) is 60.7 Å². The molecule has 0 radical (unpaired) electrons. The highest BCUT2D eigenvalue weighted by Gasteiger charge is 2.37. The summed E-state index contributed by atoms with van der Waals surface area (Å²) in [4.78, 5) is 0. The fourth-order valence-electron chi connectivity index (χ4n) is 4.63. The average molecular weight is 520 g/mol. The zero-order chi connectivity index (χ0) is 21.9. The van der Waals surface area contributed by atoms with Gasteiger partial charge in [0.15, 0.2) is 0 Å². The van der Waals surface area contributed by atoms with Crippen molar-refractivity contribution in [3.8, 4) is 5.75 Å². The second kappa shape index (κ2) is 9.21. The standard InChI is InChI=1S/C26H33IO3/c1-4-25(3,19-12-6-8-15-22(19)28)21-14-10-11-18(24(21)30)17-26(27,5-2)20-13-7-9-16-23(20)29/h6-7,10-14,28-30H,4-5,8-9,15-17H2,1-3H3. The first-order valence-corrected chi connectivity index (χ1v) is 12.0. The van der Waals surface area contributed by atoms with Crippen LogP contribution in [0.25, 0.3) is 0 Å². The predicted molar refractivity (Wildman–Crippen MR) is 133 cm³/mol. The van der Waals surface area contributed by atoms with Gasteiger partial charge in [-0.2, -0.15) is 0 Å². The number of phenolic OH excluding ortho intramolecular Hbond substituents is 1. The molecule has 2 aliphatic carbocycles. The van der Waals surface area contributed by atoms with E-state index in [1.807, 2.05) is 30.4 Å². The van der Waals surface area contributed by atoms with Crippen LogP contribution in [0.2, 0.25) is 0 Å². The van der Waals surface area contributed by atoms with Gasteiger partial charge in [-0.3, -0.25) is 0 Å². The Labute approximate surface area is 194 Å². The Morgan fingerprint density at radius 3 is 2.03 bits per heavy atom. The van der Waals surface area contributed by atoms with Crippen molar-refractivity contribution in [3.63, 3.8) is 0 Å². The summed E-state index contributed by atoms with van der Waals surface area (Å²) in [5, 5.41) is 32.5. The van der Waals surface area contributed by atoms with Crippen LogP contribution in [0.5, 0.6) is 5.75 Å². The van der Waals surface area contributed by atoms with Crippen LogP contribution in [0.15, 0.2) is 65.2 Å². The maximum atomic E-state index is 11.4. The third-order valence-corrected chi connectivity index (χ3v) is 8.54. The van der Waals surface area contributed by atoms with Gasteiger partial charge in [0.05, 0.1) is 14.9 Å². The number of aromatic hydroxyl groups is 1. The van der Waals surface area contributed by atoms with E-state index in [1.54, 1.807) is 0 Å². The molecule has 0 heterocycles. The van der Waals surface area contributed by atoms with Crippen molar-refractivity contribution >= 4 is 22.6 Å². The number of para-hydroxylation sites is 1. The number of allylic oxidation sites excluding steroid dienone is 8. The Morgan fingerprint density at radius 2 is 1.50 bits per heavy atom. The highest BCUT2D eigenvalue weighted by atomic mass is 127. The van der Waals surface area contributed by atoms with Gasteiger partial charge in [0.2, 0.25) is 0 Å². The van der Waals surface area contributed by atoms with Crippen molar-refractivity contribution in [3.05, 3.63) is 76.3 Å². The highest BCUT2D eigenvalue weighted by Crippen LogP contribution is 2.47. The zero-order valence-corrected chi connectivity index (χ0v) is 20.4. The molecule has 162 valence electrons. The van der Waals surface area contributed by atoms with Gasteiger partial charge >= 0.3 is 0 Å². The molecule has 2 aliphatic rings. The molecule has 4 heteroatoms. The second-order valence-electron chi connectivity index (χ2n) is 8.60. The average Bonchev–Trinajstić information content (AvgIpc) is 2.75. The SMILES string of the molecule is CCC(I)(Cc1cccc(C(C)(CC)C2=C(O)CCC=C2)c1O)C1=C(O)CCC=C1. The molecular formula is C26H33IO3. The quantitative estimate of drug-likeness (QED) is 0.258. The van der Waals surface area contributed by atoms with E-state index < -0.39 is 5.41 Å². The van der Waals surface area contributed by atoms with Gasteiger partial charge in [-0.05, 0) is 43.2 Å². The largest absolute Gasteiger partial charge is 0.512 e. The number of aliphatic hydroxyl groups is 2. The normalized spacial score (nSPS) is 20.9. The van der Waals surface area contributed by atoms with Crippen molar-refractivity contribution in [1.82, 2.24) is 0 Å². The van der Waals surface area contributed by atoms with E-state index in [9.17, 15) is 15.3 Å². The maximum Gasteiger partial charge on any atom is 0.122 e. The van der Waals surface area contributed by atoms with Crippen LogP contribution in [-0.4, -0.2) is 18.7 Å². The predicted octanol–water partition coefficient (Wildman–Crippen LogP) is 7.51. The first-order valence-electron chi connectivity index (χ1n) is 10.9. The first-order chi connectivity index (χ1) is 14.3. The molecule has 0 saturated carbocycles. The van der Waals surface area contributed by atoms with Gasteiger partial charge < -0.3 is 15.3 Å². The maximum absolute atomic E-state index is 11.4. The number of benzene rings is 1. The molecule has 30 heavy (non-hydrogen) atoms. The smallest absolute Gasteiger partial charge is 0.122 e. The van der Waals surface area contributed by atoms with E-state index in [0.29, 0.717) is 36.5 Å². The number of hydrogen-bond acceptors (Lipinski definition) is 3. The summed E-state index contributed by atoms with van der Waals surface area (Å²) in [5.74, 6) is 1.19. The number of rotatable bonds is 7. The van der Waals surface area contributed by atoms with E-state index in [-0.39, 0.29) is 3.42 Å². The fourth-order valence-corrected chi connectivity index (χ4v) is 5.53. The van der Waals surface area contributed by atoms with Crippen LogP contribution in [0.3, 0.4) is 0 Å². The summed E-state index contributed by atoms with van der Waals surface area (Å²) in [6.45, 7) is 6.32. The summed E-state index contributed by atoms with van der Waals surface area (Å²) in [7, 11) is 0. The number of hydrogen-bond donors (Lipinski definition) is 3. The molecule has 0 aromatic heterocycles. The van der Waals surface area contributed by atoms with Crippen molar-refractivity contribution in [2.45, 2.75) is 74.6 Å². The molecule has 0 spiro atoms. The molecule has 2 atom stereocenters. The molecule has 3 rings (SSSR count). The molecule has 0 bridgehead atoms. The molecule has 0 amide bonds. The van der Waals surface area contributed by atoms with Crippen LogP contribution in [-0.2, 0) is 11.8 Å². The Balaban J connectivity index is 2.05. The molecule has 1 aromatic carbocycles. The number of aliphatic hydroxyl groups excluding tert-OH is 2. The summed E-state index contributed by atoms with van der Waals surface area (Å²) in [6, 6.07) is 5.95. The Kier molecular flexibility index (Phi) is 7.05. The summed E-state index contributed by atoms with van der Waals surface area (Å²) >= 11 is 2.44. The number of halogens is 1. The van der Waals surface area contributed by atoms with Crippen LogP contribution >= 0.6 is 22.6 Å². The van der Waals surface area contributed by atoms with Gasteiger partial charge in [0, 0.05) is 29.4 Å². The third-order valence-electron chi connectivity index (χ3n) is 6.82. The van der Waals surface area contributed by atoms with E-state index in [4.69, 9.17) is 0 Å². The van der Waals surface area contributed by atoms with Crippen molar-refractivity contribution in [1.29, 1.82) is 0 Å². The minimum atomic E-state index is -0.465. The lowest BCUT2D eigenvalue weighted by atomic mass is 9.70. The van der Waals surface area contributed by atoms with E-state index in [1.165, 1.54) is 0 Å². The van der Waals surface area contributed by atoms with Gasteiger partial charge in [-0.1, -0.05) is 85.9 Å². The Bertz CT molecular complexity index is 924. The van der Waals surface area contributed by atoms with Crippen LogP contribution in [0.1, 0.15) is 70.4 Å². The van der Waals surface area contributed by atoms with Crippen molar-refractivity contribution in [2.75, 3.05) is 0 Å². The minimum absolute atomic E-state index is 0.288. The molecule has 0 saturated heterocycles. The second-order valence-corrected chi connectivity index (χ2v) is 10.7. The first kappa shape index (κ1) is 23.0. The van der Waals surface area contributed by atoms with Gasteiger partial charge in [-0.15, -0.1) is 0 Å². The fraction of sp³-hybridized carbons (Fsp3) is 0.462. The van der Waals surface area contributed by atoms with E-state index in [2.05, 4.69) is 55.5 Å². The van der Waals surface area contributed by atoms with Gasteiger partial charge in [-0.25, -0.2) is 0 Å². The molecule has 3 N–H and O–H groups in total. The zero-order valence-electron chi connectivity index (χ0n) is 18.2. The van der Waals surface area contributed by atoms with Crippen LogP contribution in [0, 0.1) is 0 Å². The Morgan fingerprint density at radius 1 is 0.900 bits per heavy atom. The van der Waals surface area contributed by atoms with Crippen molar-refractivity contribution in [2.24, 2.45) is 0 Å². The van der Waals surface area contributed by atoms with Crippen LogP contribution in [0.4, 0.5) is 0 Å². The Hall–Kier alpha value is -1.69. The number of alkyl halides is 1. The summed E-state index contributed by atoms with van der Waals surface area (Å²) in [5.41, 5.74) is 3.13. The molecule has 0 fully saturated rings. The van der Waals surface area contributed by atoms with E-state index >= 15 is 0 Å². The van der Waals surface area contributed by atoms with Crippen LogP contribution < -0.4 is 0 Å². The third kappa shape index (κ3) is 4.20. The monoisotopic (exact) mass is 520 g/mol. The molecule has 2 unspecified atom stereocenters. The molecule has 1 aromatic rings. The lowest BCUT2D eigenvalue weighted by Crippen LogP contribution is -2.28. The summed E-state index contributed by atoms with van der Waals surface area (Å²) in [6.07, 6.45) is 13.6. The van der Waals surface area contributed by atoms with E-state index in [0.717, 1.165) is 48.0 Å². The molecule has 3 nitrogen and oxygen atoms in total. The van der Waals surface area contributed by atoms with Crippen molar-refractivity contribution < 1.29 is 15.3 Å².